The van der Waals surface area contributed by atoms with Crippen molar-refractivity contribution in [2.75, 3.05) is 23.7 Å². The molecule has 0 atom stereocenters. The highest BCUT2D eigenvalue weighted by Crippen LogP contribution is 2.16. The molecule has 0 radical (unpaired) electrons. The fraction of sp³-hybridized carbons (Fsp3) is 0.263. The van der Waals surface area contributed by atoms with Crippen LogP contribution in [0, 0.1) is 10.1 Å². The fourth-order valence-electron chi connectivity index (χ4n) is 2.43. The summed E-state index contributed by atoms with van der Waals surface area (Å²) in [6.07, 6.45) is -3.89. The molecule has 0 fully saturated rings. The Balaban J connectivity index is 1.76. The fourth-order valence-corrected chi connectivity index (χ4v) is 2.43. The molecule has 8 nitrogen and oxygen atoms in total. The van der Waals surface area contributed by atoms with Crippen LogP contribution in [-0.4, -0.2) is 36.0 Å². The van der Waals surface area contributed by atoms with E-state index in [1.54, 1.807) is 17.4 Å². The molecule has 0 bridgehead atoms. The van der Waals surface area contributed by atoms with Crippen molar-refractivity contribution in [3.05, 3.63) is 64.2 Å². The van der Waals surface area contributed by atoms with Crippen LogP contribution in [0.25, 0.3) is 0 Å². The van der Waals surface area contributed by atoms with Gasteiger partial charge < -0.3 is 16.0 Å². The van der Waals surface area contributed by atoms with Gasteiger partial charge in [-0.25, -0.2) is 0 Å². The number of amides is 2. The van der Waals surface area contributed by atoms with Gasteiger partial charge in [0.2, 0.25) is 5.91 Å². The average molecular weight is 424 g/mol. The van der Waals surface area contributed by atoms with E-state index in [1.165, 1.54) is 36.4 Å². The topological polar surface area (TPSA) is 113 Å². The molecule has 0 aliphatic rings. The van der Waals surface area contributed by atoms with Crippen molar-refractivity contribution in [1.82, 2.24) is 5.32 Å². The van der Waals surface area contributed by atoms with Gasteiger partial charge in [0, 0.05) is 42.0 Å². The van der Waals surface area contributed by atoms with Crippen molar-refractivity contribution >= 4 is 28.9 Å². The summed E-state index contributed by atoms with van der Waals surface area (Å²) in [5, 5.41) is 18.0. The lowest BCUT2D eigenvalue weighted by atomic mass is 10.2. The van der Waals surface area contributed by atoms with E-state index in [4.69, 9.17) is 0 Å². The van der Waals surface area contributed by atoms with Crippen molar-refractivity contribution in [2.45, 2.75) is 19.0 Å². The molecule has 2 aromatic carbocycles. The lowest BCUT2D eigenvalue weighted by Crippen LogP contribution is -2.33. The number of hydrogen-bond acceptors (Lipinski definition) is 5. The molecule has 160 valence electrons. The molecule has 11 heteroatoms. The zero-order valence-electron chi connectivity index (χ0n) is 15.7. The molecular weight excluding hydrogens is 405 g/mol. The van der Waals surface area contributed by atoms with E-state index in [0.717, 1.165) is 0 Å². The molecule has 0 saturated carbocycles. The Labute approximate surface area is 169 Å². The highest BCUT2D eigenvalue weighted by Gasteiger charge is 2.27. The zero-order chi connectivity index (χ0) is 22.1. The van der Waals surface area contributed by atoms with Crippen LogP contribution in [0.4, 0.5) is 30.2 Å². The van der Waals surface area contributed by atoms with Gasteiger partial charge in [-0.3, -0.25) is 19.7 Å². The first-order chi connectivity index (χ1) is 14.1. The number of halogens is 3. The molecule has 0 heterocycles. The number of hydrogen-bond donors (Lipinski definition) is 3. The summed E-state index contributed by atoms with van der Waals surface area (Å²) in [5.41, 5.74) is 0.952. The Bertz CT molecular complexity index is 901. The lowest BCUT2D eigenvalue weighted by Gasteiger charge is -2.10. The molecule has 0 aromatic heterocycles. The van der Waals surface area contributed by atoms with Gasteiger partial charge in [0.05, 0.1) is 4.92 Å². The van der Waals surface area contributed by atoms with Gasteiger partial charge in [0.15, 0.2) is 0 Å². The Hall–Kier alpha value is -3.63. The van der Waals surface area contributed by atoms with Crippen molar-refractivity contribution in [1.29, 1.82) is 0 Å². The summed E-state index contributed by atoms with van der Waals surface area (Å²) in [7, 11) is 0. The number of benzene rings is 2. The lowest BCUT2D eigenvalue weighted by molar-refractivity contribution is -0.384. The number of carbonyl (C=O) groups is 2. The van der Waals surface area contributed by atoms with Crippen molar-refractivity contribution in [3.63, 3.8) is 0 Å². The molecule has 0 aliphatic heterocycles. The Morgan fingerprint density at radius 3 is 2.37 bits per heavy atom. The van der Waals surface area contributed by atoms with Crippen molar-refractivity contribution in [3.8, 4) is 0 Å². The van der Waals surface area contributed by atoms with Gasteiger partial charge in [0.1, 0.15) is 6.54 Å². The number of nitro benzene ring substituents is 1. The number of nitrogens with zero attached hydrogens (tertiary/aromatic N) is 1. The summed E-state index contributed by atoms with van der Waals surface area (Å²) in [6.45, 7) is -0.991. The van der Waals surface area contributed by atoms with Crippen LogP contribution in [0.1, 0.15) is 23.2 Å². The van der Waals surface area contributed by atoms with Gasteiger partial charge in [-0.05, 0) is 36.8 Å². The molecule has 2 amide bonds. The number of carbonyl (C=O) groups excluding carboxylic acids is 2. The second kappa shape index (κ2) is 10.2. The average Bonchev–Trinajstić information content (AvgIpc) is 2.69. The first kappa shape index (κ1) is 22.7. The van der Waals surface area contributed by atoms with Gasteiger partial charge in [-0.15, -0.1) is 0 Å². The molecule has 30 heavy (non-hydrogen) atoms. The number of nitrogens with one attached hydrogen (secondary N) is 3. The quantitative estimate of drug-likeness (QED) is 0.323. The van der Waals surface area contributed by atoms with E-state index in [-0.39, 0.29) is 23.6 Å². The summed E-state index contributed by atoms with van der Waals surface area (Å²) in [4.78, 5) is 33.9. The summed E-state index contributed by atoms with van der Waals surface area (Å²) in [5.74, 6) is -1.22. The standard InChI is InChI=1S/C19H19F3N4O4/c20-19(21,22)12-24-18(28)13-3-1-4-15(11-13)25-17(27)5-2-10-23-14-6-8-16(9-7-14)26(29)30/h1,3-4,6-9,11,23H,2,5,10,12H2,(H,24,28)(H,25,27). The molecule has 0 aliphatic carbocycles. The maximum Gasteiger partial charge on any atom is 0.405 e. The third-order valence-electron chi connectivity index (χ3n) is 3.85. The van der Waals surface area contributed by atoms with Crippen LogP contribution < -0.4 is 16.0 Å². The molecule has 0 unspecified atom stereocenters. The highest BCUT2D eigenvalue weighted by molar-refractivity contribution is 5.97. The first-order valence-corrected chi connectivity index (χ1v) is 8.87. The minimum Gasteiger partial charge on any atom is -0.385 e. The van der Waals surface area contributed by atoms with E-state index >= 15 is 0 Å². The molecule has 0 saturated heterocycles. The van der Waals surface area contributed by atoms with Crippen molar-refractivity contribution in [2.24, 2.45) is 0 Å². The van der Waals surface area contributed by atoms with Crippen LogP contribution in [-0.2, 0) is 4.79 Å². The van der Waals surface area contributed by atoms with Gasteiger partial charge in [0.25, 0.3) is 11.6 Å². The Kier molecular flexibility index (Phi) is 7.73. The van der Waals surface area contributed by atoms with Gasteiger partial charge in [-0.2, -0.15) is 13.2 Å². The SMILES string of the molecule is O=C(CCCNc1ccc([N+](=O)[O-])cc1)Nc1cccc(C(=O)NCC(F)(F)F)c1. The van der Waals surface area contributed by atoms with E-state index in [9.17, 15) is 32.9 Å². The van der Waals surface area contributed by atoms with E-state index in [0.29, 0.717) is 24.3 Å². The maximum absolute atomic E-state index is 12.2. The van der Waals surface area contributed by atoms with Crippen LogP contribution in [0.5, 0.6) is 0 Å². The minimum absolute atomic E-state index is 0.00288. The molecule has 3 N–H and O–H groups in total. The number of nitro groups is 1. The van der Waals surface area contributed by atoms with E-state index in [1.807, 2.05) is 0 Å². The largest absolute Gasteiger partial charge is 0.405 e. The van der Waals surface area contributed by atoms with E-state index in [2.05, 4.69) is 10.6 Å². The third kappa shape index (κ3) is 7.78. The third-order valence-corrected chi connectivity index (χ3v) is 3.85. The van der Waals surface area contributed by atoms with Crippen molar-refractivity contribution < 1.29 is 27.7 Å². The van der Waals surface area contributed by atoms with Gasteiger partial charge >= 0.3 is 6.18 Å². The van der Waals surface area contributed by atoms with E-state index < -0.39 is 23.6 Å². The molecular formula is C19H19F3N4O4. The summed E-state index contributed by atoms with van der Waals surface area (Å²) < 4.78 is 36.6. The minimum atomic E-state index is -4.51. The first-order valence-electron chi connectivity index (χ1n) is 8.87. The normalized spacial score (nSPS) is 10.9. The predicted octanol–water partition coefficient (Wildman–Crippen LogP) is 3.72. The summed E-state index contributed by atoms with van der Waals surface area (Å²) in [6, 6.07) is 11.5. The predicted molar refractivity (Wildman–Crippen MR) is 104 cm³/mol. The number of non-ortho nitro benzene ring substituents is 1. The Morgan fingerprint density at radius 2 is 1.73 bits per heavy atom. The monoisotopic (exact) mass is 424 g/mol. The Morgan fingerprint density at radius 1 is 1.03 bits per heavy atom. The van der Waals surface area contributed by atoms with Crippen LogP contribution in [0.2, 0.25) is 0 Å². The molecule has 2 aromatic rings. The van der Waals surface area contributed by atoms with Crippen LogP contribution in [0.15, 0.2) is 48.5 Å². The molecule has 0 spiro atoms. The second-order valence-corrected chi connectivity index (χ2v) is 6.26. The smallest absolute Gasteiger partial charge is 0.385 e. The highest BCUT2D eigenvalue weighted by atomic mass is 19.4. The molecule has 2 rings (SSSR count). The zero-order valence-corrected chi connectivity index (χ0v) is 15.7. The number of alkyl halides is 3. The maximum atomic E-state index is 12.2. The van der Waals surface area contributed by atoms with Crippen LogP contribution in [0.3, 0.4) is 0 Å². The number of anilines is 2. The summed E-state index contributed by atoms with van der Waals surface area (Å²) >= 11 is 0. The van der Waals surface area contributed by atoms with Crippen LogP contribution >= 0.6 is 0 Å². The second-order valence-electron chi connectivity index (χ2n) is 6.26. The van der Waals surface area contributed by atoms with Gasteiger partial charge in [-0.1, -0.05) is 6.07 Å². The number of rotatable bonds is 9.